The first-order valence-electron chi connectivity index (χ1n) is 12.0. The Morgan fingerprint density at radius 1 is 0.571 bits per heavy atom. The highest BCUT2D eigenvalue weighted by molar-refractivity contribution is 5.75. The number of unbranched alkanes of at least 4 members (excludes halogenated alkanes) is 10. The first-order chi connectivity index (χ1) is 13.7. The van der Waals surface area contributed by atoms with E-state index in [0.29, 0.717) is 13.2 Å². The minimum absolute atomic E-state index is 0.0251. The Bertz CT molecular complexity index is 399. The van der Waals surface area contributed by atoms with Crippen molar-refractivity contribution in [2.24, 2.45) is 11.8 Å². The second-order valence-electron chi connectivity index (χ2n) is 8.42. The molecule has 0 heterocycles. The molecule has 1 aliphatic carbocycles. The van der Waals surface area contributed by atoms with Gasteiger partial charge in [-0.05, 0) is 38.5 Å². The zero-order valence-corrected chi connectivity index (χ0v) is 18.5. The van der Waals surface area contributed by atoms with Crippen LogP contribution in [-0.2, 0) is 19.1 Å². The smallest absolute Gasteiger partial charge is 0.308 e. The molecular formula is C24H44O4. The van der Waals surface area contributed by atoms with Crippen molar-refractivity contribution in [1.82, 2.24) is 0 Å². The van der Waals surface area contributed by atoms with E-state index in [9.17, 15) is 9.59 Å². The van der Waals surface area contributed by atoms with E-state index in [1.165, 1.54) is 51.4 Å². The Balaban J connectivity index is 1.97. The van der Waals surface area contributed by atoms with Crippen LogP contribution in [-0.4, -0.2) is 25.2 Å². The fourth-order valence-corrected chi connectivity index (χ4v) is 3.88. The molecule has 0 amide bonds. The van der Waals surface area contributed by atoms with E-state index in [0.717, 1.165) is 51.4 Å². The topological polar surface area (TPSA) is 52.6 Å². The second-order valence-corrected chi connectivity index (χ2v) is 8.42. The maximum absolute atomic E-state index is 12.2. The summed E-state index contributed by atoms with van der Waals surface area (Å²) in [6.45, 7) is 5.41. The third-order valence-electron chi connectivity index (χ3n) is 5.88. The molecule has 1 rings (SSSR count). The van der Waals surface area contributed by atoms with E-state index < -0.39 is 0 Å². The molecule has 0 N–H and O–H groups in total. The van der Waals surface area contributed by atoms with Crippen LogP contribution >= 0.6 is 0 Å². The summed E-state index contributed by atoms with van der Waals surface area (Å²) in [5.74, 6) is -0.190. The van der Waals surface area contributed by atoms with Gasteiger partial charge in [-0.1, -0.05) is 78.1 Å². The van der Waals surface area contributed by atoms with Gasteiger partial charge in [-0.3, -0.25) is 9.59 Å². The number of carbonyl (C=O) groups is 2. The van der Waals surface area contributed by atoms with Crippen LogP contribution in [0.5, 0.6) is 0 Å². The quantitative estimate of drug-likeness (QED) is 0.218. The zero-order chi connectivity index (χ0) is 20.5. The molecule has 0 radical (unpaired) electrons. The Kier molecular flexibility index (Phi) is 15.0. The van der Waals surface area contributed by atoms with Crippen LogP contribution in [0.2, 0.25) is 0 Å². The van der Waals surface area contributed by atoms with Gasteiger partial charge < -0.3 is 9.47 Å². The lowest BCUT2D eigenvalue weighted by molar-refractivity contribution is -0.155. The third-order valence-corrected chi connectivity index (χ3v) is 5.88. The molecule has 0 aromatic heterocycles. The summed E-state index contributed by atoms with van der Waals surface area (Å²) in [5.41, 5.74) is 0. The van der Waals surface area contributed by atoms with Crippen LogP contribution in [0.25, 0.3) is 0 Å². The van der Waals surface area contributed by atoms with Crippen molar-refractivity contribution in [3.05, 3.63) is 0 Å². The standard InChI is InChI=1S/C24H44O4/c1-3-5-7-8-9-10-11-12-13-14-20-28-24(26)22-17-15-21(16-18-22)23(25)27-19-6-4-2/h21-22H,3-20H2,1-2H3. The molecule has 0 atom stereocenters. The van der Waals surface area contributed by atoms with Gasteiger partial charge in [0.1, 0.15) is 0 Å². The molecule has 1 aliphatic rings. The predicted octanol–water partition coefficient (Wildman–Crippen LogP) is 6.60. The van der Waals surface area contributed by atoms with Crippen molar-refractivity contribution >= 4 is 11.9 Å². The minimum Gasteiger partial charge on any atom is -0.465 e. The number of hydrogen-bond acceptors (Lipinski definition) is 4. The summed E-state index contributed by atoms with van der Waals surface area (Å²) >= 11 is 0. The number of ether oxygens (including phenoxy) is 2. The van der Waals surface area contributed by atoms with E-state index >= 15 is 0 Å². The maximum atomic E-state index is 12.2. The average Bonchev–Trinajstić information content (AvgIpc) is 2.72. The van der Waals surface area contributed by atoms with E-state index in [-0.39, 0.29) is 23.8 Å². The average molecular weight is 397 g/mol. The van der Waals surface area contributed by atoms with Crippen molar-refractivity contribution in [3.63, 3.8) is 0 Å². The van der Waals surface area contributed by atoms with Crippen LogP contribution in [0.4, 0.5) is 0 Å². The molecule has 0 bridgehead atoms. The second kappa shape index (κ2) is 16.9. The van der Waals surface area contributed by atoms with E-state index in [1.54, 1.807) is 0 Å². The predicted molar refractivity (Wildman–Crippen MR) is 114 cm³/mol. The first kappa shape index (κ1) is 25.0. The highest BCUT2D eigenvalue weighted by Crippen LogP contribution is 2.30. The van der Waals surface area contributed by atoms with Gasteiger partial charge >= 0.3 is 11.9 Å². The fraction of sp³-hybridized carbons (Fsp3) is 0.917. The van der Waals surface area contributed by atoms with Gasteiger partial charge in [-0.25, -0.2) is 0 Å². The van der Waals surface area contributed by atoms with Crippen molar-refractivity contribution in [1.29, 1.82) is 0 Å². The van der Waals surface area contributed by atoms with Crippen molar-refractivity contribution < 1.29 is 19.1 Å². The Morgan fingerprint density at radius 2 is 0.929 bits per heavy atom. The fourth-order valence-electron chi connectivity index (χ4n) is 3.88. The molecule has 1 fully saturated rings. The normalized spacial score (nSPS) is 19.4. The summed E-state index contributed by atoms with van der Waals surface area (Å²) in [6, 6.07) is 0. The first-order valence-corrected chi connectivity index (χ1v) is 12.0. The Hall–Kier alpha value is -1.06. The molecule has 1 saturated carbocycles. The molecule has 0 saturated heterocycles. The third kappa shape index (κ3) is 11.7. The number of rotatable bonds is 16. The van der Waals surface area contributed by atoms with Gasteiger partial charge in [0.2, 0.25) is 0 Å². The van der Waals surface area contributed by atoms with Crippen LogP contribution in [0.3, 0.4) is 0 Å². The van der Waals surface area contributed by atoms with Crippen molar-refractivity contribution in [2.45, 2.75) is 117 Å². The number of esters is 2. The van der Waals surface area contributed by atoms with Crippen molar-refractivity contribution in [3.8, 4) is 0 Å². The van der Waals surface area contributed by atoms with E-state index in [2.05, 4.69) is 13.8 Å². The monoisotopic (exact) mass is 396 g/mol. The Labute approximate surface area is 173 Å². The SMILES string of the molecule is CCCCCCCCCCCCOC(=O)C1CCC(C(=O)OCCCC)CC1. The molecular weight excluding hydrogens is 352 g/mol. The lowest BCUT2D eigenvalue weighted by Gasteiger charge is -2.26. The number of hydrogen-bond donors (Lipinski definition) is 0. The molecule has 0 aliphatic heterocycles. The van der Waals surface area contributed by atoms with Gasteiger partial charge in [0.25, 0.3) is 0 Å². The summed E-state index contributed by atoms with van der Waals surface area (Å²) in [5, 5.41) is 0. The molecule has 0 aromatic rings. The Morgan fingerprint density at radius 3 is 1.36 bits per heavy atom. The summed E-state index contributed by atoms with van der Waals surface area (Å²) < 4.78 is 10.8. The van der Waals surface area contributed by atoms with Gasteiger partial charge in [0, 0.05) is 0 Å². The summed E-state index contributed by atoms with van der Waals surface area (Å²) in [6.07, 6.45) is 17.8. The molecule has 0 unspecified atom stereocenters. The van der Waals surface area contributed by atoms with Gasteiger partial charge in [0.05, 0.1) is 25.0 Å². The van der Waals surface area contributed by atoms with Gasteiger partial charge in [-0.15, -0.1) is 0 Å². The largest absolute Gasteiger partial charge is 0.465 e. The van der Waals surface area contributed by atoms with E-state index in [1.807, 2.05) is 0 Å². The summed E-state index contributed by atoms with van der Waals surface area (Å²) in [4.78, 5) is 24.2. The van der Waals surface area contributed by atoms with Crippen LogP contribution in [0.15, 0.2) is 0 Å². The molecule has 0 spiro atoms. The lowest BCUT2D eigenvalue weighted by atomic mass is 9.82. The molecule has 164 valence electrons. The van der Waals surface area contributed by atoms with Gasteiger partial charge in [0.15, 0.2) is 0 Å². The lowest BCUT2D eigenvalue weighted by Crippen LogP contribution is -2.28. The molecule has 0 aromatic carbocycles. The minimum atomic E-state index is -0.0781. The molecule has 4 heteroatoms. The zero-order valence-electron chi connectivity index (χ0n) is 18.5. The van der Waals surface area contributed by atoms with E-state index in [4.69, 9.17) is 9.47 Å². The van der Waals surface area contributed by atoms with Crippen LogP contribution in [0, 0.1) is 11.8 Å². The maximum Gasteiger partial charge on any atom is 0.308 e. The molecule has 4 nitrogen and oxygen atoms in total. The number of carbonyl (C=O) groups excluding carboxylic acids is 2. The van der Waals surface area contributed by atoms with Gasteiger partial charge in [-0.2, -0.15) is 0 Å². The highest BCUT2D eigenvalue weighted by Gasteiger charge is 2.31. The summed E-state index contributed by atoms with van der Waals surface area (Å²) in [7, 11) is 0. The van der Waals surface area contributed by atoms with Crippen molar-refractivity contribution in [2.75, 3.05) is 13.2 Å². The highest BCUT2D eigenvalue weighted by atomic mass is 16.5. The van der Waals surface area contributed by atoms with Crippen LogP contribution < -0.4 is 0 Å². The van der Waals surface area contributed by atoms with Crippen LogP contribution in [0.1, 0.15) is 117 Å². The molecule has 28 heavy (non-hydrogen) atoms.